The number of sulfonamides is 1. The Hall–Kier alpha value is -3.07. The van der Waals surface area contributed by atoms with E-state index in [1.165, 1.54) is 4.31 Å². The predicted molar refractivity (Wildman–Crippen MR) is 132 cm³/mol. The molecule has 1 fully saturated rings. The maximum absolute atomic E-state index is 12.8. The van der Waals surface area contributed by atoms with E-state index in [0.717, 1.165) is 26.5 Å². The van der Waals surface area contributed by atoms with Gasteiger partial charge in [-0.25, -0.2) is 13.4 Å². The normalized spacial score (nSPS) is 15.5. The second kappa shape index (κ2) is 9.05. The summed E-state index contributed by atoms with van der Waals surface area (Å²) in [6.45, 7) is 0.678. The number of piperidine rings is 1. The van der Waals surface area contributed by atoms with Crippen LogP contribution in [0.1, 0.15) is 12.8 Å². The van der Waals surface area contributed by atoms with Crippen molar-refractivity contribution in [2.75, 3.05) is 18.4 Å². The fourth-order valence-electron chi connectivity index (χ4n) is 4.04. The standard InChI is InChI=1S/C25H23N3O3S2/c29-24(18-14-16-28(17-15-18)33(30,31)21-6-2-1-3-7-21)26-20-12-10-19(11-13-20)25-27-22-8-4-5-9-23(22)32-25/h1-13,18H,14-17H2,(H,26,29). The number of thiazole rings is 1. The van der Waals surface area contributed by atoms with Crippen LogP contribution in [-0.2, 0) is 14.8 Å². The van der Waals surface area contributed by atoms with Crippen LogP contribution in [0.25, 0.3) is 20.8 Å². The predicted octanol–water partition coefficient (Wildman–Crippen LogP) is 5.00. The SMILES string of the molecule is O=C(Nc1ccc(-c2nc3ccccc3s2)cc1)C1CCN(S(=O)(=O)c2ccccc2)CC1. The van der Waals surface area contributed by atoms with E-state index < -0.39 is 10.0 Å². The molecule has 33 heavy (non-hydrogen) atoms. The van der Waals surface area contributed by atoms with Crippen LogP contribution >= 0.6 is 11.3 Å². The molecule has 1 aromatic heterocycles. The molecule has 3 aromatic carbocycles. The number of benzene rings is 3. The summed E-state index contributed by atoms with van der Waals surface area (Å²) in [6, 6.07) is 24.2. The van der Waals surface area contributed by atoms with Gasteiger partial charge in [0.25, 0.3) is 0 Å². The van der Waals surface area contributed by atoms with Crippen LogP contribution < -0.4 is 5.32 Å². The molecule has 0 radical (unpaired) electrons. The number of carbonyl (C=O) groups is 1. The minimum absolute atomic E-state index is 0.0699. The van der Waals surface area contributed by atoms with Gasteiger partial charge in [0.15, 0.2) is 0 Å². The first-order chi connectivity index (χ1) is 16.0. The molecule has 0 atom stereocenters. The van der Waals surface area contributed by atoms with E-state index in [1.807, 2.05) is 42.5 Å². The van der Waals surface area contributed by atoms with Crippen molar-refractivity contribution in [3.05, 3.63) is 78.9 Å². The number of nitrogens with zero attached hydrogens (tertiary/aromatic N) is 2. The van der Waals surface area contributed by atoms with Crippen LogP contribution in [0, 0.1) is 5.92 Å². The number of nitrogens with one attached hydrogen (secondary N) is 1. The lowest BCUT2D eigenvalue weighted by atomic mass is 9.97. The van der Waals surface area contributed by atoms with Gasteiger partial charge in [0.1, 0.15) is 5.01 Å². The van der Waals surface area contributed by atoms with Crippen molar-refractivity contribution in [3.8, 4) is 10.6 Å². The van der Waals surface area contributed by atoms with Gasteiger partial charge < -0.3 is 5.32 Å². The van der Waals surface area contributed by atoms with Crippen LogP contribution in [0.15, 0.2) is 83.8 Å². The zero-order valence-electron chi connectivity index (χ0n) is 17.8. The minimum Gasteiger partial charge on any atom is -0.326 e. The highest BCUT2D eigenvalue weighted by Gasteiger charge is 2.32. The Balaban J connectivity index is 1.20. The van der Waals surface area contributed by atoms with Crippen LogP contribution in [0.2, 0.25) is 0 Å². The van der Waals surface area contributed by atoms with Gasteiger partial charge in [-0.15, -0.1) is 11.3 Å². The molecule has 0 unspecified atom stereocenters. The van der Waals surface area contributed by atoms with E-state index in [9.17, 15) is 13.2 Å². The third-order valence-corrected chi connectivity index (χ3v) is 8.90. The molecule has 8 heteroatoms. The molecule has 4 aromatic rings. The number of anilines is 1. The number of amides is 1. The Labute approximate surface area is 197 Å². The molecule has 5 rings (SSSR count). The summed E-state index contributed by atoms with van der Waals surface area (Å²) in [5.41, 5.74) is 2.72. The fourth-order valence-corrected chi connectivity index (χ4v) is 6.50. The zero-order valence-corrected chi connectivity index (χ0v) is 19.5. The van der Waals surface area contributed by atoms with Gasteiger partial charge in [0.05, 0.1) is 15.1 Å². The van der Waals surface area contributed by atoms with E-state index in [1.54, 1.807) is 41.7 Å². The summed E-state index contributed by atoms with van der Waals surface area (Å²) in [5.74, 6) is -0.282. The van der Waals surface area contributed by atoms with Gasteiger partial charge in [0, 0.05) is 30.3 Å². The second-order valence-corrected chi connectivity index (χ2v) is 11.0. The maximum atomic E-state index is 12.8. The molecule has 168 valence electrons. The van der Waals surface area contributed by atoms with Crippen LogP contribution in [0.5, 0.6) is 0 Å². The van der Waals surface area contributed by atoms with Crippen LogP contribution in [-0.4, -0.2) is 36.7 Å². The topological polar surface area (TPSA) is 79.4 Å². The molecule has 0 spiro atoms. The summed E-state index contributed by atoms with van der Waals surface area (Å²) in [6.07, 6.45) is 1.00. The Morgan fingerprint density at radius 3 is 2.27 bits per heavy atom. The summed E-state index contributed by atoms with van der Waals surface area (Å²) in [5, 5.41) is 3.92. The first-order valence-corrected chi connectivity index (χ1v) is 13.1. The van der Waals surface area contributed by atoms with E-state index in [0.29, 0.717) is 30.8 Å². The summed E-state index contributed by atoms with van der Waals surface area (Å²) < 4.78 is 28.2. The van der Waals surface area contributed by atoms with Crippen molar-refractivity contribution in [1.82, 2.24) is 9.29 Å². The van der Waals surface area contributed by atoms with E-state index in [-0.39, 0.29) is 11.8 Å². The highest BCUT2D eigenvalue weighted by molar-refractivity contribution is 7.89. The molecular weight excluding hydrogens is 454 g/mol. The van der Waals surface area contributed by atoms with Crippen molar-refractivity contribution >= 4 is 43.2 Å². The number of hydrogen-bond donors (Lipinski definition) is 1. The van der Waals surface area contributed by atoms with Crippen molar-refractivity contribution in [2.45, 2.75) is 17.7 Å². The number of para-hydroxylation sites is 1. The number of rotatable bonds is 5. The second-order valence-electron chi connectivity index (χ2n) is 8.04. The molecule has 1 saturated heterocycles. The van der Waals surface area contributed by atoms with E-state index in [2.05, 4.69) is 16.4 Å². The smallest absolute Gasteiger partial charge is 0.243 e. The summed E-state index contributed by atoms with van der Waals surface area (Å²) >= 11 is 1.64. The molecule has 1 amide bonds. The third-order valence-electron chi connectivity index (χ3n) is 5.90. The molecule has 1 N–H and O–H groups in total. The fraction of sp³-hybridized carbons (Fsp3) is 0.200. The van der Waals surface area contributed by atoms with Crippen LogP contribution in [0.4, 0.5) is 5.69 Å². The maximum Gasteiger partial charge on any atom is 0.243 e. The van der Waals surface area contributed by atoms with Gasteiger partial charge in [-0.3, -0.25) is 4.79 Å². The molecule has 0 bridgehead atoms. The molecule has 1 aliphatic rings. The number of carbonyl (C=O) groups excluding carboxylic acids is 1. The Morgan fingerprint density at radius 1 is 0.909 bits per heavy atom. The largest absolute Gasteiger partial charge is 0.326 e. The molecular formula is C25H23N3O3S2. The average Bonchev–Trinajstić information content (AvgIpc) is 3.29. The number of hydrogen-bond acceptors (Lipinski definition) is 5. The minimum atomic E-state index is -3.51. The molecule has 0 saturated carbocycles. The molecule has 6 nitrogen and oxygen atoms in total. The highest BCUT2D eigenvalue weighted by Crippen LogP contribution is 2.31. The Morgan fingerprint density at radius 2 is 1.58 bits per heavy atom. The van der Waals surface area contributed by atoms with Crippen molar-refractivity contribution in [2.24, 2.45) is 5.92 Å². The van der Waals surface area contributed by atoms with Crippen molar-refractivity contribution in [1.29, 1.82) is 0 Å². The van der Waals surface area contributed by atoms with Gasteiger partial charge in [-0.2, -0.15) is 4.31 Å². The lowest BCUT2D eigenvalue weighted by Crippen LogP contribution is -2.41. The lowest BCUT2D eigenvalue weighted by Gasteiger charge is -2.30. The van der Waals surface area contributed by atoms with E-state index >= 15 is 0 Å². The first-order valence-electron chi connectivity index (χ1n) is 10.8. The zero-order chi connectivity index (χ0) is 22.8. The van der Waals surface area contributed by atoms with Crippen molar-refractivity contribution < 1.29 is 13.2 Å². The van der Waals surface area contributed by atoms with Gasteiger partial charge in [-0.1, -0.05) is 30.3 Å². The Kier molecular flexibility index (Phi) is 5.97. The molecule has 1 aliphatic heterocycles. The summed E-state index contributed by atoms with van der Waals surface area (Å²) in [4.78, 5) is 17.7. The molecule has 0 aliphatic carbocycles. The molecule has 2 heterocycles. The number of fused-ring (bicyclic) bond motifs is 1. The Bertz CT molecular complexity index is 1340. The van der Waals surface area contributed by atoms with Crippen LogP contribution in [0.3, 0.4) is 0 Å². The number of aromatic nitrogens is 1. The van der Waals surface area contributed by atoms with Gasteiger partial charge in [-0.05, 0) is 61.4 Å². The summed E-state index contributed by atoms with van der Waals surface area (Å²) in [7, 11) is -3.51. The monoisotopic (exact) mass is 477 g/mol. The lowest BCUT2D eigenvalue weighted by molar-refractivity contribution is -0.120. The van der Waals surface area contributed by atoms with Gasteiger partial charge >= 0.3 is 0 Å². The highest BCUT2D eigenvalue weighted by atomic mass is 32.2. The quantitative estimate of drug-likeness (QED) is 0.439. The van der Waals surface area contributed by atoms with Crippen molar-refractivity contribution in [3.63, 3.8) is 0 Å². The van der Waals surface area contributed by atoms with Gasteiger partial charge in [0.2, 0.25) is 15.9 Å². The van der Waals surface area contributed by atoms with E-state index in [4.69, 9.17) is 0 Å². The first kappa shape index (κ1) is 21.8. The average molecular weight is 478 g/mol. The third kappa shape index (κ3) is 4.55.